The highest BCUT2D eigenvalue weighted by atomic mass is 127. The number of benzene rings is 2. The third kappa shape index (κ3) is 4.61. The van der Waals surface area contributed by atoms with E-state index in [1.54, 1.807) is 10.9 Å². The zero-order valence-electron chi connectivity index (χ0n) is 15.1. The van der Waals surface area contributed by atoms with Crippen LogP contribution in [-0.2, 0) is 0 Å². The van der Waals surface area contributed by atoms with Gasteiger partial charge >= 0.3 is 0 Å². The van der Waals surface area contributed by atoms with E-state index in [1.165, 1.54) is 0 Å². The van der Waals surface area contributed by atoms with Crippen LogP contribution in [0.3, 0.4) is 0 Å². The van der Waals surface area contributed by atoms with Gasteiger partial charge in [0.05, 0.1) is 16.4 Å². The van der Waals surface area contributed by atoms with Crippen LogP contribution < -0.4 is 9.47 Å². The van der Waals surface area contributed by atoms with Crippen molar-refractivity contribution in [2.24, 2.45) is 5.10 Å². The topological polar surface area (TPSA) is 64.4 Å². The highest BCUT2D eigenvalue weighted by molar-refractivity contribution is 14.1. The Morgan fingerprint density at radius 2 is 2.11 bits per heavy atom. The van der Waals surface area contributed by atoms with Gasteiger partial charge in [-0.1, -0.05) is 36.3 Å². The summed E-state index contributed by atoms with van der Waals surface area (Å²) in [5.74, 6) is 4.34. The Balaban J connectivity index is 1.96. The number of hydrogen-bond donors (Lipinski definition) is 1. The maximum Gasteiger partial charge on any atom is 0.216 e. The van der Waals surface area contributed by atoms with E-state index < -0.39 is 0 Å². The molecule has 3 rings (SSSR count). The molecule has 0 aliphatic rings. The van der Waals surface area contributed by atoms with Gasteiger partial charge in [0.25, 0.3) is 0 Å². The Kier molecular flexibility index (Phi) is 6.84. The Morgan fingerprint density at radius 1 is 1.32 bits per heavy atom. The first kappa shape index (κ1) is 20.1. The average Bonchev–Trinajstić information content (AvgIpc) is 3.07. The summed E-state index contributed by atoms with van der Waals surface area (Å²) < 4.78 is 14.2. The van der Waals surface area contributed by atoms with Crippen molar-refractivity contribution >= 4 is 41.0 Å². The van der Waals surface area contributed by atoms with E-state index in [4.69, 9.17) is 28.1 Å². The van der Waals surface area contributed by atoms with E-state index >= 15 is 0 Å². The van der Waals surface area contributed by atoms with E-state index in [0.717, 1.165) is 14.7 Å². The molecule has 0 radical (unpaired) electrons. The zero-order valence-corrected chi connectivity index (χ0v) is 18.0. The fourth-order valence-corrected chi connectivity index (χ4v) is 3.44. The lowest BCUT2D eigenvalue weighted by molar-refractivity contribution is 0.298. The third-order valence-corrected chi connectivity index (χ3v) is 4.70. The summed E-state index contributed by atoms with van der Waals surface area (Å²) in [6, 6.07) is 13.5. The van der Waals surface area contributed by atoms with Crippen molar-refractivity contribution in [3.63, 3.8) is 0 Å². The van der Waals surface area contributed by atoms with Crippen LogP contribution in [0, 0.1) is 20.7 Å². The summed E-state index contributed by atoms with van der Waals surface area (Å²) in [5.41, 5.74) is 1.75. The maximum atomic E-state index is 5.70. The summed E-state index contributed by atoms with van der Waals surface area (Å²) in [4.78, 5) is 0. The highest BCUT2D eigenvalue weighted by Gasteiger charge is 2.12. The lowest BCUT2D eigenvalue weighted by Crippen LogP contribution is -2.02. The fraction of sp³-hybridized carbons (Fsp3) is 0.150. The first-order chi connectivity index (χ1) is 13.6. The molecule has 1 aromatic heterocycles. The van der Waals surface area contributed by atoms with Crippen LogP contribution in [-0.4, -0.2) is 34.3 Å². The molecule has 0 atom stereocenters. The van der Waals surface area contributed by atoms with Crippen molar-refractivity contribution in [1.82, 2.24) is 14.9 Å². The van der Waals surface area contributed by atoms with Crippen molar-refractivity contribution in [2.45, 2.75) is 6.92 Å². The van der Waals surface area contributed by atoms with Gasteiger partial charge in [-0.05, 0) is 59.4 Å². The number of ether oxygens (including phenoxy) is 2. The van der Waals surface area contributed by atoms with Gasteiger partial charge in [-0.25, -0.2) is 5.10 Å². The van der Waals surface area contributed by atoms with Gasteiger partial charge in [-0.3, -0.25) is 0 Å². The lowest BCUT2D eigenvalue weighted by atomic mass is 10.2. The van der Waals surface area contributed by atoms with Crippen LogP contribution in [0.2, 0.25) is 0 Å². The number of hydrogen-bond acceptors (Lipinski definition) is 5. The SMILES string of the molecule is C#CCOc1c(I)cc(/C=N\n2c(-c3ccccc3)n[nH]c2=S)cc1OCC. The van der Waals surface area contributed by atoms with Crippen molar-refractivity contribution in [3.05, 3.63) is 56.4 Å². The number of aromatic nitrogens is 3. The van der Waals surface area contributed by atoms with Crippen LogP contribution in [0.25, 0.3) is 11.4 Å². The van der Waals surface area contributed by atoms with Gasteiger partial charge in [0, 0.05) is 5.56 Å². The second-order valence-corrected chi connectivity index (χ2v) is 7.08. The number of H-pyrrole nitrogens is 1. The van der Waals surface area contributed by atoms with Gasteiger partial charge in [0.2, 0.25) is 4.77 Å². The molecule has 2 aromatic carbocycles. The van der Waals surface area contributed by atoms with Crippen LogP contribution in [0.1, 0.15) is 12.5 Å². The van der Waals surface area contributed by atoms with Crippen molar-refractivity contribution < 1.29 is 9.47 Å². The quantitative estimate of drug-likeness (QED) is 0.223. The summed E-state index contributed by atoms with van der Waals surface area (Å²) >= 11 is 7.50. The minimum absolute atomic E-state index is 0.175. The second kappa shape index (κ2) is 9.52. The van der Waals surface area contributed by atoms with Crippen molar-refractivity contribution in [3.8, 4) is 35.2 Å². The minimum atomic E-state index is 0.175. The number of rotatable bonds is 7. The summed E-state index contributed by atoms with van der Waals surface area (Å²) in [7, 11) is 0. The molecule has 0 aliphatic heterocycles. The Morgan fingerprint density at radius 3 is 2.82 bits per heavy atom. The predicted octanol–water partition coefficient (Wildman–Crippen LogP) is 4.51. The van der Waals surface area contributed by atoms with Gasteiger partial charge in [0.1, 0.15) is 6.61 Å². The maximum absolute atomic E-state index is 5.70. The summed E-state index contributed by atoms with van der Waals surface area (Å²) in [6.07, 6.45) is 7.00. The standard InChI is InChI=1S/C20H17IN4O2S/c1-3-10-27-18-16(21)11-14(12-17(18)26-4-2)13-22-25-19(23-24-20(25)28)15-8-6-5-7-9-15/h1,5-9,11-13H,4,10H2,2H3,(H,24,28)/b22-13-. The van der Waals surface area contributed by atoms with Gasteiger partial charge in [-0.2, -0.15) is 14.9 Å². The van der Waals surface area contributed by atoms with Gasteiger partial charge in [-0.15, -0.1) is 6.42 Å². The molecule has 0 bridgehead atoms. The molecular formula is C20H17IN4O2S. The second-order valence-electron chi connectivity index (χ2n) is 5.53. The molecular weight excluding hydrogens is 487 g/mol. The Labute approximate surface area is 181 Å². The lowest BCUT2D eigenvalue weighted by Gasteiger charge is -2.13. The van der Waals surface area contributed by atoms with E-state index in [0.29, 0.717) is 28.7 Å². The highest BCUT2D eigenvalue weighted by Crippen LogP contribution is 2.34. The van der Waals surface area contributed by atoms with Crippen LogP contribution in [0.15, 0.2) is 47.6 Å². The predicted molar refractivity (Wildman–Crippen MR) is 120 cm³/mol. The average molecular weight is 504 g/mol. The Bertz CT molecular complexity index is 1080. The van der Waals surface area contributed by atoms with Gasteiger partial charge in [0.15, 0.2) is 17.3 Å². The molecule has 1 heterocycles. The normalized spacial score (nSPS) is 10.8. The molecule has 28 heavy (non-hydrogen) atoms. The van der Waals surface area contributed by atoms with Crippen molar-refractivity contribution in [2.75, 3.05) is 13.2 Å². The number of nitrogens with one attached hydrogen (secondary N) is 1. The number of halogens is 1. The van der Waals surface area contributed by atoms with E-state index in [-0.39, 0.29) is 6.61 Å². The van der Waals surface area contributed by atoms with Crippen LogP contribution in [0.5, 0.6) is 11.5 Å². The molecule has 1 N–H and O–H groups in total. The first-order valence-corrected chi connectivity index (χ1v) is 9.92. The first-order valence-electron chi connectivity index (χ1n) is 8.43. The third-order valence-electron chi connectivity index (χ3n) is 3.64. The number of aromatic amines is 1. The molecule has 0 saturated carbocycles. The molecule has 0 amide bonds. The molecule has 0 saturated heterocycles. The number of terminal acetylenes is 1. The van der Waals surface area contributed by atoms with Gasteiger partial charge < -0.3 is 9.47 Å². The van der Waals surface area contributed by atoms with Crippen LogP contribution >= 0.6 is 34.8 Å². The monoisotopic (exact) mass is 504 g/mol. The molecule has 0 aliphatic carbocycles. The Hall–Kier alpha value is -2.64. The molecule has 6 nitrogen and oxygen atoms in total. The molecule has 0 unspecified atom stereocenters. The summed E-state index contributed by atoms with van der Waals surface area (Å²) in [5, 5.41) is 11.6. The molecule has 0 spiro atoms. The van der Waals surface area contributed by atoms with E-state index in [9.17, 15) is 0 Å². The van der Waals surface area contributed by atoms with Crippen molar-refractivity contribution in [1.29, 1.82) is 0 Å². The summed E-state index contributed by atoms with van der Waals surface area (Å²) in [6.45, 7) is 2.59. The fourth-order valence-electron chi connectivity index (χ4n) is 2.48. The smallest absolute Gasteiger partial charge is 0.216 e. The van der Waals surface area contributed by atoms with E-state index in [1.807, 2.05) is 49.4 Å². The zero-order chi connectivity index (χ0) is 19.9. The molecule has 142 valence electrons. The van der Waals surface area contributed by atoms with E-state index in [2.05, 4.69) is 43.8 Å². The van der Waals surface area contributed by atoms with Crippen LogP contribution in [0.4, 0.5) is 0 Å². The minimum Gasteiger partial charge on any atom is -0.490 e. The number of nitrogens with zero attached hydrogens (tertiary/aromatic N) is 3. The molecule has 3 aromatic rings. The molecule has 8 heteroatoms. The largest absolute Gasteiger partial charge is 0.490 e. The molecule has 0 fully saturated rings.